The number of amides is 1. The molecule has 1 amide bonds. The summed E-state index contributed by atoms with van der Waals surface area (Å²) in [6.45, 7) is 2.39. The fourth-order valence-corrected chi connectivity index (χ4v) is 3.11. The molecule has 1 N–H and O–H groups in total. The van der Waals surface area contributed by atoms with Gasteiger partial charge in [-0.25, -0.2) is 4.98 Å². The van der Waals surface area contributed by atoms with Gasteiger partial charge in [-0.3, -0.25) is 9.69 Å². The van der Waals surface area contributed by atoms with Crippen LogP contribution in [0.25, 0.3) is 11.1 Å². The number of benzene rings is 1. The molecule has 1 aromatic carbocycles. The van der Waals surface area contributed by atoms with Gasteiger partial charge in [0.15, 0.2) is 11.5 Å². The Bertz CT molecular complexity index is 636. The third-order valence-corrected chi connectivity index (χ3v) is 4.56. The van der Waals surface area contributed by atoms with E-state index in [1.54, 1.807) is 0 Å². The first kappa shape index (κ1) is 13.8. The van der Waals surface area contributed by atoms with Crippen LogP contribution in [0.4, 0.5) is 0 Å². The molecule has 1 aliphatic carbocycles. The van der Waals surface area contributed by atoms with E-state index in [2.05, 4.69) is 15.2 Å². The van der Waals surface area contributed by atoms with Crippen LogP contribution < -0.4 is 5.32 Å². The SMILES string of the molecule is O=C(CN1CCC(c2nc3ccccc3o2)CC1)NC1CC1. The molecule has 0 spiro atoms. The lowest BCUT2D eigenvalue weighted by Gasteiger charge is -2.29. The first-order chi connectivity index (χ1) is 10.8. The molecule has 0 atom stereocenters. The van der Waals surface area contributed by atoms with E-state index in [4.69, 9.17) is 4.42 Å². The maximum atomic E-state index is 11.8. The Morgan fingerprint density at radius 3 is 2.73 bits per heavy atom. The number of hydrogen-bond donors (Lipinski definition) is 1. The van der Waals surface area contributed by atoms with E-state index in [0.717, 1.165) is 55.8 Å². The predicted molar refractivity (Wildman–Crippen MR) is 83.6 cm³/mol. The van der Waals surface area contributed by atoms with Crippen molar-refractivity contribution in [2.24, 2.45) is 0 Å². The quantitative estimate of drug-likeness (QED) is 0.941. The Hall–Kier alpha value is -1.88. The van der Waals surface area contributed by atoms with Gasteiger partial charge >= 0.3 is 0 Å². The Kier molecular flexibility index (Phi) is 3.58. The van der Waals surface area contributed by atoms with Crippen molar-refractivity contribution >= 4 is 17.0 Å². The molecule has 2 heterocycles. The van der Waals surface area contributed by atoms with Gasteiger partial charge in [-0.2, -0.15) is 0 Å². The zero-order chi connectivity index (χ0) is 14.9. The Morgan fingerprint density at radius 1 is 1.23 bits per heavy atom. The molecular formula is C17H21N3O2. The van der Waals surface area contributed by atoms with Crippen LogP contribution >= 0.6 is 0 Å². The Balaban J connectivity index is 1.33. The molecule has 0 unspecified atom stereocenters. The summed E-state index contributed by atoms with van der Waals surface area (Å²) in [4.78, 5) is 18.7. The van der Waals surface area contributed by atoms with Gasteiger partial charge in [0, 0.05) is 12.0 Å². The second-order valence-corrected chi connectivity index (χ2v) is 6.41. The number of nitrogens with one attached hydrogen (secondary N) is 1. The van der Waals surface area contributed by atoms with Crippen molar-refractivity contribution < 1.29 is 9.21 Å². The number of rotatable bonds is 4. The van der Waals surface area contributed by atoms with Gasteiger partial charge < -0.3 is 9.73 Å². The number of aromatic nitrogens is 1. The number of likely N-dealkylation sites (tertiary alicyclic amines) is 1. The number of oxazole rings is 1. The van der Waals surface area contributed by atoms with Gasteiger partial charge in [-0.05, 0) is 50.9 Å². The minimum atomic E-state index is 0.169. The first-order valence-electron chi connectivity index (χ1n) is 8.15. The highest BCUT2D eigenvalue weighted by molar-refractivity contribution is 5.78. The van der Waals surface area contributed by atoms with Crippen LogP contribution in [0.3, 0.4) is 0 Å². The van der Waals surface area contributed by atoms with E-state index >= 15 is 0 Å². The van der Waals surface area contributed by atoms with Crippen molar-refractivity contribution in [1.29, 1.82) is 0 Å². The second kappa shape index (κ2) is 5.72. The molecule has 22 heavy (non-hydrogen) atoms. The molecule has 5 nitrogen and oxygen atoms in total. The molecule has 1 saturated carbocycles. The lowest BCUT2D eigenvalue weighted by atomic mass is 9.97. The minimum absolute atomic E-state index is 0.169. The number of carbonyl (C=O) groups excluding carboxylic acids is 1. The summed E-state index contributed by atoms with van der Waals surface area (Å²) in [6.07, 6.45) is 4.30. The topological polar surface area (TPSA) is 58.4 Å². The van der Waals surface area contributed by atoms with Crippen LogP contribution in [0, 0.1) is 0 Å². The van der Waals surface area contributed by atoms with E-state index < -0.39 is 0 Å². The highest BCUT2D eigenvalue weighted by Gasteiger charge is 2.27. The van der Waals surface area contributed by atoms with Crippen molar-refractivity contribution in [3.63, 3.8) is 0 Å². The third-order valence-electron chi connectivity index (χ3n) is 4.56. The van der Waals surface area contributed by atoms with Gasteiger partial charge in [0.1, 0.15) is 5.52 Å². The zero-order valence-corrected chi connectivity index (χ0v) is 12.6. The maximum absolute atomic E-state index is 11.8. The van der Waals surface area contributed by atoms with Crippen molar-refractivity contribution in [3.8, 4) is 0 Å². The molecule has 1 aliphatic heterocycles. The Morgan fingerprint density at radius 2 is 2.00 bits per heavy atom. The lowest BCUT2D eigenvalue weighted by molar-refractivity contribution is -0.122. The summed E-state index contributed by atoms with van der Waals surface area (Å²) in [7, 11) is 0. The molecule has 0 bridgehead atoms. The van der Waals surface area contributed by atoms with Crippen LogP contribution in [-0.4, -0.2) is 41.5 Å². The van der Waals surface area contributed by atoms with E-state index in [1.165, 1.54) is 0 Å². The average molecular weight is 299 g/mol. The van der Waals surface area contributed by atoms with Crippen LogP contribution in [0.1, 0.15) is 37.5 Å². The van der Waals surface area contributed by atoms with E-state index in [1.807, 2.05) is 24.3 Å². The van der Waals surface area contributed by atoms with Crippen LogP contribution in [-0.2, 0) is 4.79 Å². The molecule has 2 aliphatic rings. The largest absolute Gasteiger partial charge is 0.440 e. The van der Waals surface area contributed by atoms with Gasteiger partial charge in [0.2, 0.25) is 5.91 Å². The lowest BCUT2D eigenvalue weighted by Crippen LogP contribution is -2.41. The molecule has 2 fully saturated rings. The van der Waals surface area contributed by atoms with Crippen molar-refractivity contribution in [3.05, 3.63) is 30.2 Å². The van der Waals surface area contributed by atoms with Gasteiger partial charge in [-0.15, -0.1) is 0 Å². The molecule has 2 aromatic rings. The summed E-state index contributed by atoms with van der Waals surface area (Å²) in [5, 5.41) is 3.05. The van der Waals surface area contributed by atoms with Crippen LogP contribution in [0.15, 0.2) is 28.7 Å². The van der Waals surface area contributed by atoms with Gasteiger partial charge in [0.05, 0.1) is 6.54 Å². The van der Waals surface area contributed by atoms with E-state index in [9.17, 15) is 4.79 Å². The number of hydrogen-bond acceptors (Lipinski definition) is 4. The van der Waals surface area contributed by atoms with Crippen molar-refractivity contribution in [2.75, 3.05) is 19.6 Å². The van der Waals surface area contributed by atoms with Crippen LogP contribution in [0.2, 0.25) is 0 Å². The minimum Gasteiger partial charge on any atom is -0.440 e. The molecular weight excluding hydrogens is 278 g/mol. The Labute approximate surface area is 129 Å². The standard InChI is InChI=1S/C17H21N3O2/c21-16(18-13-5-6-13)11-20-9-7-12(8-10-20)17-19-14-3-1-2-4-15(14)22-17/h1-4,12-13H,5-11H2,(H,18,21). The average Bonchev–Trinajstić information content (AvgIpc) is 3.23. The highest BCUT2D eigenvalue weighted by atomic mass is 16.3. The molecule has 116 valence electrons. The van der Waals surface area contributed by atoms with Gasteiger partial charge in [0.25, 0.3) is 0 Å². The molecule has 1 aromatic heterocycles. The second-order valence-electron chi connectivity index (χ2n) is 6.41. The number of nitrogens with zero attached hydrogens (tertiary/aromatic N) is 2. The highest BCUT2D eigenvalue weighted by Crippen LogP contribution is 2.29. The van der Waals surface area contributed by atoms with E-state index in [-0.39, 0.29) is 5.91 Å². The van der Waals surface area contributed by atoms with Crippen molar-refractivity contribution in [1.82, 2.24) is 15.2 Å². The summed E-state index contributed by atoms with van der Waals surface area (Å²) in [5.74, 6) is 1.39. The number of piperidine rings is 1. The third kappa shape index (κ3) is 2.99. The molecule has 0 radical (unpaired) electrons. The summed E-state index contributed by atoms with van der Waals surface area (Å²) >= 11 is 0. The first-order valence-corrected chi connectivity index (χ1v) is 8.15. The van der Waals surface area contributed by atoms with Gasteiger partial charge in [-0.1, -0.05) is 12.1 Å². The normalized spacial score (nSPS) is 20.4. The zero-order valence-electron chi connectivity index (χ0n) is 12.6. The summed E-state index contributed by atoms with van der Waals surface area (Å²) in [5.41, 5.74) is 1.80. The maximum Gasteiger partial charge on any atom is 0.234 e. The molecule has 5 heteroatoms. The monoisotopic (exact) mass is 299 g/mol. The molecule has 4 rings (SSSR count). The number of fused-ring (bicyclic) bond motifs is 1. The van der Waals surface area contributed by atoms with E-state index in [0.29, 0.717) is 18.5 Å². The fraction of sp³-hybridized carbons (Fsp3) is 0.529. The summed E-state index contributed by atoms with van der Waals surface area (Å²) < 4.78 is 5.88. The summed E-state index contributed by atoms with van der Waals surface area (Å²) in [6, 6.07) is 8.35. The number of para-hydroxylation sites is 2. The fourth-order valence-electron chi connectivity index (χ4n) is 3.11. The van der Waals surface area contributed by atoms with Crippen LogP contribution in [0.5, 0.6) is 0 Å². The van der Waals surface area contributed by atoms with Crippen molar-refractivity contribution in [2.45, 2.75) is 37.6 Å². The number of carbonyl (C=O) groups is 1. The molecule has 1 saturated heterocycles. The smallest absolute Gasteiger partial charge is 0.234 e. The predicted octanol–water partition coefficient (Wildman–Crippen LogP) is 2.29.